The lowest BCUT2D eigenvalue weighted by Crippen LogP contribution is -2.13. The molecule has 2 rings (SSSR count). The van der Waals surface area contributed by atoms with Crippen molar-refractivity contribution in [2.24, 2.45) is 11.7 Å². The van der Waals surface area contributed by atoms with Gasteiger partial charge in [-0.25, -0.2) is 0 Å². The Bertz CT molecular complexity index is 392. The molecule has 0 aromatic heterocycles. The molecule has 0 saturated heterocycles. The van der Waals surface area contributed by atoms with Gasteiger partial charge in [0, 0.05) is 10.5 Å². The summed E-state index contributed by atoms with van der Waals surface area (Å²) in [6.45, 7) is 2.27. The zero-order valence-electron chi connectivity index (χ0n) is 9.79. The minimum absolute atomic E-state index is 0.122. The number of nitrogens with two attached hydrogens (primary N) is 1. The largest absolute Gasteiger partial charge is 0.496 e. The van der Waals surface area contributed by atoms with Gasteiger partial charge in [-0.15, -0.1) is 0 Å². The predicted octanol–water partition coefficient (Wildman–Crippen LogP) is 3.43. The topological polar surface area (TPSA) is 35.2 Å². The molecule has 0 spiro atoms. The van der Waals surface area contributed by atoms with Gasteiger partial charge in [0.15, 0.2) is 0 Å². The third kappa shape index (κ3) is 2.11. The van der Waals surface area contributed by atoms with E-state index >= 15 is 0 Å². The van der Waals surface area contributed by atoms with Gasteiger partial charge in [-0.2, -0.15) is 0 Å². The standard InChI is InChI=1S/C13H18BrNO/c1-8-3-4-9-12(16-2)6-5-10(14)13(9)11(15)7-8/h5-6,8,11H,3-4,7,15H2,1-2H3. The fraction of sp³-hybridized carbons (Fsp3) is 0.538. The van der Waals surface area contributed by atoms with E-state index in [0.717, 1.165) is 23.1 Å². The van der Waals surface area contributed by atoms with E-state index in [2.05, 4.69) is 22.9 Å². The van der Waals surface area contributed by atoms with Crippen LogP contribution in [0.3, 0.4) is 0 Å². The van der Waals surface area contributed by atoms with E-state index in [9.17, 15) is 0 Å². The highest BCUT2D eigenvalue weighted by Crippen LogP contribution is 2.39. The lowest BCUT2D eigenvalue weighted by Gasteiger charge is -2.18. The molecule has 0 heterocycles. The van der Waals surface area contributed by atoms with Crippen molar-refractivity contribution in [3.8, 4) is 5.75 Å². The molecule has 1 aromatic carbocycles. The third-order valence-corrected chi connectivity index (χ3v) is 4.09. The summed E-state index contributed by atoms with van der Waals surface area (Å²) in [5, 5.41) is 0. The first-order valence-corrected chi connectivity index (χ1v) is 6.53. The first kappa shape index (κ1) is 11.9. The van der Waals surface area contributed by atoms with E-state index in [-0.39, 0.29) is 6.04 Å². The van der Waals surface area contributed by atoms with E-state index in [0.29, 0.717) is 5.92 Å². The zero-order chi connectivity index (χ0) is 11.7. The molecule has 0 amide bonds. The summed E-state index contributed by atoms with van der Waals surface area (Å²) < 4.78 is 6.55. The maximum Gasteiger partial charge on any atom is 0.122 e. The average Bonchev–Trinajstić information content (AvgIpc) is 2.39. The van der Waals surface area contributed by atoms with Gasteiger partial charge < -0.3 is 10.5 Å². The van der Waals surface area contributed by atoms with Crippen molar-refractivity contribution in [3.63, 3.8) is 0 Å². The Hall–Kier alpha value is -0.540. The van der Waals surface area contributed by atoms with Crippen molar-refractivity contribution < 1.29 is 4.74 Å². The number of rotatable bonds is 1. The van der Waals surface area contributed by atoms with Crippen LogP contribution in [0, 0.1) is 5.92 Å². The Balaban J connectivity index is 2.52. The number of fused-ring (bicyclic) bond motifs is 1. The molecule has 2 N–H and O–H groups in total. The van der Waals surface area contributed by atoms with E-state index in [4.69, 9.17) is 10.5 Å². The molecule has 2 nitrogen and oxygen atoms in total. The molecular weight excluding hydrogens is 266 g/mol. The first-order chi connectivity index (χ1) is 7.63. The van der Waals surface area contributed by atoms with Crippen LogP contribution in [-0.4, -0.2) is 7.11 Å². The highest BCUT2D eigenvalue weighted by Gasteiger charge is 2.24. The molecule has 0 radical (unpaired) electrons. The number of ether oxygens (including phenoxy) is 1. The molecule has 0 aliphatic heterocycles. The second-order valence-corrected chi connectivity index (χ2v) is 5.48. The fourth-order valence-electron chi connectivity index (χ4n) is 2.53. The van der Waals surface area contributed by atoms with Crippen LogP contribution >= 0.6 is 15.9 Å². The molecule has 16 heavy (non-hydrogen) atoms. The molecule has 2 atom stereocenters. The van der Waals surface area contributed by atoms with E-state index in [1.54, 1.807) is 7.11 Å². The zero-order valence-corrected chi connectivity index (χ0v) is 11.4. The van der Waals surface area contributed by atoms with Gasteiger partial charge in [0.2, 0.25) is 0 Å². The van der Waals surface area contributed by atoms with Gasteiger partial charge >= 0.3 is 0 Å². The van der Waals surface area contributed by atoms with Crippen molar-refractivity contribution in [2.45, 2.75) is 32.2 Å². The number of halogens is 1. The van der Waals surface area contributed by atoms with Gasteiger partial charge in [0.05, 0.1) is 7.11 Å². The second kappa shape index (κ2) is 4.76. The van der Waals surface area contributed by atoms with Crippen molar-refractivity contribution in [2.75, 3.05) is 7.11 Å². The first-order valence-electron chi connectivity index (χ1n) is 5.74. The highest BCUT2D eigenvalue weighted by atomic mass is 79.9. The Labute approximate surface area is 105 Å². The number of hydrogen-bond acceptors (Lipinski definition) is 2. The minimum Gasteiger partial charge on any atom is -0.496 e. The Morgan fingerprint density at radius 3 is 2.88 bits per heavy atom. The summed E-state index contributed by atoms with van der Waals surface area (Å²) in [5.41, 5.74) is 8.80. The summed E-state index contributed by atoms with van der Waals surface area (Å²) in [6, 6.07) is 4.18. The quantitative estimate of drug-likeness (QED) is 0.802. The van der Waals surface area contributed by atoms with Crippen LogP contribution in [0.25, 0.3) is 0 Å². The molecule has 0 bridgehead atoms. The maximum atomic E-state index is 6.28. The summed E-state index contributed by atoms with van der Waals surface area (Å²) >= 11 is 3.60. The average molecular weight is 284 g/mol. The normalized spacial score (nSPS) is 24.8. The van der Waals surface area contributed by atoms with Crippen LogP contribution in [0.15, 0.2) is 16.6 Å². The molecule has 88 valence electrons. The predicted molar refractivity (Wildman–Crippen MR) is 69.7 cm³/mol. The molecule has 1 aromatic rings. The third-order valence-electron chi connectivity index (χ3n) is 3.40. The van der Waals surface area contributed by atoms with Gasteiger partial charge in [0.1, 0.15) is 5.75 Å². The molecular formula is C13H18BrNO. The molecule has 0 fully saturated rings. The van der Waals surface area contributed by atoms with Crippen molar-refractivity contribution in [1.29, 1.82) is 0 Å². The molecule has 0 saturated carbocycles. The van der Waals surface area contributed by atoms with Crippen LogP contribution in [0.2, 0.25) is 0 Å². The van der Waals surface area contributed by atoms with Crippen molar-refractivity contribution in [3.05, 3.63) is 27.7 Å². The summed E-state index contributed by atoms with van der Waals surface area (Å²) in [4.78, 5) is 0. The van der Waals surface area contributed by atoms with E-state index in [1.165, 1.54) is 17.5 Å². The van der Waals surface area contributed by atoms with Crippen molar-refractivity contribution in [1.82, 2.24) is 0 Å². The lowest BCUT2D eigenvalue weighted by atomic mass is 9.97. The number of benzene rings is 1. The van der Waals surface area contributed by atoms with Crippen molar-refractivity contribution >= 4 is 15.9 Å². The van der Waals surface area contributed by atoms with Crippen LogP contribution in [0.4, 0.5) is 0 Å². The maximum absolute atomic E-state index is 6.28. The Morgan fingerprint density at radius 2 is 2.19 bits per heavy atom. The smallest absolute Gasteiger partial charge is 0.122 e. The van der Waals surface area contributed by atoms with E-state index in [1.807, 2.05) is 12.1 Å². The molecule has 2 unspecified atom stereocenters. The van der Waals surface area contributed by atoms with Crippen LogP contribution in [0.5, 0.6) is 5.75 Å². The SMILES string of the molecule is COc1ccc(Br)c2c1CCC(C)CC2N. The summed E-state index contributed by atoms with van der Waals surface area (Å²) in [7, 11) is 1.73. The van der Waals surface area contributed by atoms with Crippen LogP contribution < -0.4 is 10.5 Å². The number of hydrogen-bond donors (Lipinski definition) is 1. The van der Waals surface area contributed by atoms with Gasteiger partial charge in [0.25, 0.3) is 0 Å². The Kier molecular flexibility index (Phi) is 3.55. The molecule has 1 aliphatic carbocycles. The Morgan fingerprint density at radius 1 is 1.44 bits per heavy atom. The summed E-state index contributed by atoms with van der Waals surface area (Å²) in [6.07, 6.45) is 3.30. The number of methoxy groups -OCH3 is 1. The highest BCUT2D eigenvalue weighted by molar-refractivity contribution is 9.10. The monoisotopic (exact) mass is 283 g/mol. The second-order valence-electron chi connectivity index (χ2n) is 4.63. The van der Waals surface area contributed by atoms with Gasteiger partial charge in [-0.1, -0.05) is 22.9 Å². The molecule has 3 heteroatoms. The molecule has 1 aliphatic rings. The van der Waals surface area contributed by atoms with Crippen LogP contribution in [-0.2, 0) is 6.42 Å². The lowest BCUT2D eigenvalue weighted by molar-refractivity contribution is 0.407. The van der Waals surface area contributed by atoms with Crippen LogP contribution in [0.1, 0.15) is 36.9 Å². The van der Waals surface area contributed by atoms with Gasteiger partial charge in [-0.3, -0.25) is 0 Å². The fourth-order valence-corrected chi connectivity index (χ4v) is 3.19. The van der Waals surface area contributed by atoms with Gasteiger partial charge in [-0.05, 0) is 48.4 Å². The summed E-state index contributed by atoms with van der Waals surface area (Å²) in [5.74, 6) is 1.65. The minimum atomic E-state index is 0.122. The van der Waals surface area contributed by atoms with E-state index < -0.39 is 0 Å².